The third kappa shape index (κ3) is 3.14. The number of aromatic nitrogens is 1. The third-order valence-corrected chi connectivity index (χ3v) is 4.81. The molecule has 4 heteroatoms. The van der Waals surface area contributed by atoms with Gasteiger partial charge in [0.1, 0.15) is 0 Å². The van der Waals surface area contributed by atoms with Crippen LogP contribution in [-0.4, -0.2) is 22.9 Å². The molecule has 3 rings (SSSR count). The highest BCUT2D eigenvalue weighted by Gasteiger charge is 2.27. The van der Waals surface area contributed by atoms with Gasteiger partial charge in [-0.15, -0.1) is 0 Å². The van der Waals surface area contributed by atoms with Crippen LogP contribution < -0.4 is 0 Å². The molecule has 0 N–H and O–H groups in total. The van der Waals surface area contributed by atoms with Crippen LogP contribution in [0.5, 0.6) is 0 Å². The molecule has 0 amide bonds. The second kappa shape index (κ2) is 6.63. The Morgan fingerprint density at radius 1 is 1.12 bits per heavy atom. The van der Waals surface area contributed by atoms with Crippen molar-refractivity contribution in [1.82, 2.24) is 4.57 Å². The number of esters is 1. The predicted octanol–water partition coefficient (Wildman–Crippen LogP) is 3.93. The lowest BCUT2D eigenvalue weighted by molar-refractivity contribution is -0.150. The van der Waals surface area contributed by atoms with E-state index in [0.29, 0.717) is 5.56 Å². The zero-order valence-corrected chi connectivity index (χ0v) is 14.5. The molecule has 1 saturated carbocycles. The zero-order valence-electron chi connectivity index (χ0n) is 14.5. The molecule has 1 aromatic carbocycles. The van der Waals surface area contributed by atoms with E-state index in [-0.39, 0.29) is 24.3 Å². The molecule has 4 nitrogen and oxygen atoms in total. The normalized spacial score (nSPS) is 14.3. The number of hydrogen-bond acceptors (Lipinski definition) is 3. The standard InChI is InChI=1S/C20H23NO3/c1-13-7-9-17(10-8-13)21-14(2)11-18(15(21)3)19(22)12-24-20(23)16-5-4-6-16/h7-11,16H,4-6,12H2,1-3H3. The number of aryl methyl sites for hydroxylation is 2. The van der Waals surface area contributed by atoms with Crippen molar-refractivity contribution in [3.05, 3.63) is 52.8 Å². The van der Waals surface area contributed by atoms with E-state index in [1.54, 1.807) is 0 Å². The van der Waals surface area contributed by atoms with Crippen molar-refractivity contribution in [2.45, 2.75) is 40.0 Å². The summed E-state index contributed by atoms with van der Waals surface area (Å²) in [6.45, 7) is 5.77. The predicted molar refractivity (Wildman–Crippen MR) is 92.6 cm³/mol. The van der Waals surface area contributed by atoms with E-state index in [1.807, 2.05) is 39.0 Å². The number of Topliss-reactive ketones (excluding diaryl/α,β-unsaturated/α-hetero) is 1. The number of benzene rings is 1. The van der Waals surface area contributed by atoms with Gasteiger partial charge in [0.25, 0.3) is 0 Å². The second-order valence-corrected chi connectivity index (χ2v) is 6.61. The van der Waals surface area contributed by atoms with Gasteiger partial charge in [0, 0.05) is 22.6 Å². The summed E-state index contributed by atoms with van der Waals surface area (Å²) in [6.07, 6.45) is 2.84. The van der Waals surface area contributed by atoms with E-state index >= 15 is 0 Å². The monoisotopic (exact) mass is 325 g/mol. The van der Waals surface area contributed by atoms with Crippen molar-refractivity contribution >= 4 is 11.8 Å². The fourth-order valence-electron chi connectivity index (χ4n) is 3.11. The molecule has 0 radical (unpaired) electrons. The molecular weight excluding hydrogens is 302 g/mol. The number of carbonyl (C=O) groups is 2. The molecule has 1 fully saturated rings. The van der Waals surface area contributed by atoms with E-state index in [0.717, 1.165) is 36.3 Å². The Labute approximate surface area is 142 Å². The van der Waals surface area contributed by atoms with Crippen molar-refractivity contribution in [3.8, 4) is 5.69 Å². The minimum absolute atomic E-state index is 0.00205. The SMILES string of the molecule is Cc1ccc(-n2c(C)cc(C(=O)COC(=O)C3CCC3)c2C)cc1. The summed E-state index contributed by atoms with van der Waals surface area (Å²) >= 11 is 0. The first kappa shape index (κ1) is 16.5. The molecule has 126 valence electrons. The van der Waals surface area contributed by atoms with Crippen LogP contribution in [0.3, 0.4) is 0 Å². The summed E-state index contributed by atoms with van der Waals surface area (Å²) in [6, 6.07) is 10.1. The number of ketones is 1. The topological polar surface area (TPSA) is 48.3 Å². The lowest BCUT2D eigenvalue weighted by atomic mass is 9.86. The van der Waals surface area contributed by atoms with Crippen LogP contribution in [0.1, 0.15) is 46.6 Å². The number of ether oxygens (including phenoxy) is 1. The van der Waals surface area contributed by atoms with E-state index < -0.39 is 0 Å². The van der Waals surface area contributed by atoms with E-state index in [2.05, 4.69) is 16.7 Å². The van der Waals surface area contributed by atoms with Crippen molar-refractivity contribution < 1.29 is 14.3 Å². The minimum Gasteiger partial charge on any atom is -0.457 e. The average molecular weight is 325 g/mol. The first-order valence-corrected chi connectivity index (χ1v) is 8.43. The van der Waals surface area contributed by atoms with Crippen molar-refractivity contribution in [2.75, 3.05) is 6.61 Å². The van der Waals surface area contributed by atoms with E-state index in [9.17, 15) is 9.59 Å². The molecule has 0 saturated heterocycles. The molecule has 0 atom stereocenters. The largest absolute Gasteiger partial charge is 0.457 e. The van der Waals surface area contributed by atoms with Crippen LogP contribution in [-0.2, 0) is 9.53 Å². The van der Waals surface area contributed by atoms with Gasteiger partial charge >= 0.3 is 5.97 Å². The van der Waals surface area contributed by atoms with Gasteiger partial charge in [0.2, 0.25) is 5.78 Å². The molecule has 1 aliphatic carbocycles. The van der Waals surface area contributed by atoms with E-state index in [1.165, 1.54) is 5.56 Å². The highest BCUT2D eigenvalue weighted by molar-refractivity contribution is 5.99. The lowest BCUT2D eigenvalue weighted by Crippen LogP contribution is -2.26. The van der Waals surface area contributed by atoms with Crippen LogP contribution in [0.4, 0.5) is 0 Å². The Balaban J connectivity index is 1.76. The molecule has 1 aliphatic rings. The van der Waals surface area contributed by atoms with Crippen LogP contribution in [0.15, 0.2) is 30.3 Å². The molecule has 24 heavy (non-hydrogen) atoms. The average Bonchev–Trinajstić information content (AvgIpc) is 2.79. The molecule has 0 unspecified atom stereocenters. The summed E-state index contributed by atoms with van der Waals surface area (Å²) in [5.41, 5.74) is 4.71. The Hall–Kier alpha value is -2.36. The number of hydrogen-bond donors (Lipinski definition) is 0. The van der Waals surface area contributed by atoms with Crippen LogP contribution in [0.2, 0.25) is 0 Å². The van der Waals surface area contributed by atoms with Gasteiger partial charge in [-0.2, -0.15) is 0 Å². The second-order valence-electron chi connectivity index (χ2n) is 6.61. The zero-order chi connectivity index (χ0) is 17.3. The molecule has 2 aromatic rings. The molecule has 0 spiro atoms. The number of nitrogens with zero attached hydrogens (tertiary/aromatic N) is 1. The molecule has 1 heterocycles. The summed E-state index contributed by atoms with van der Waals surface area (Å²) in [5, 5.41) is 0. The third-order valence-electron chi connectivity index (χ3n) is 4.81. The van der Waals surface area contributed by atoms with E-state index in [4.69, 9.17) is 4.74 Å². The van der Waals surface area contributed by atoms with Crippen molar-refractivity contribution in [2.24, 2.45) is 5.92 Å². The van der Waals surface area contributed by atoms with Gasteiger partial charge < -0.3 is 9.30 Å². The summed E-state index contributed by atoms with van der Waals surface area (Å²) in [4.78, 5) is 24.3. The molecular formula is C20H23NO3. The van der Waals surface area contributed by atoms with Gasteiger partial charge in [-0.1, -0.05) is 24.1 Å². The van der Waals surface area contributed by atoms with Crippen LogP contribution in [0.25, 0.3) is 5.69 Å². The van der Waals surface area contributed by atoms with Gasteiger partial charge in [-0.05, 0) is 51.8 Å². The highest BCUT2D eigenvalue weighted by Crippen LogP contribution is 2.27. The Kier molecular flexibility index (Phi) is 4.56. The van der Waals surface area contributed by atoms with Gasteiger partial charge in [-0.25, -0.2) is 0 Å². The summed E-state index contributed by atoms with van der Waals surface area (Å²) in [5.74, 6) is -0.381. The Morgan fingerprint density at radius 3 is 2.38 bits per heavy atom. The quantitative estimate of drug-likeness (QED) is 0.618. The lowest BCUT2D eigenvalue weighted by Gasteiger charge is -2.22. The smallest absolute Gasteiger partial charge is 0.309 e. The van der Waals surface area contributed by atoms with Gasteiger partial charge in [0.15, 0.2) is 6.61 Å². The van der Waals surface area contributed by atoms with Gasteiger partial charge in [-0.3, -0.25) is 9.59 Å². The first-order valence-electron chi connectivity index (χ1n) is 8.43. The molecule has 0 bridgehead atoms. The number of rotatable bonds is 5. The maximum absolute atomic E-state index is 12.5. The highest BCUT2D eigenvalue weighted by atomic mass is 16.5. The maximum Gasteiger partial charge on any atom is 0.309 e. The van der Waals surface area contributed by atoms with Gasteiger partial charge in [0.05, 0.1) is 5.92 Å². The fourth-order valence-corrected chi connectivity index (χ4v) is 3.11. The fraction of sp³-hybridized carbons (Fsp3) is 0.400. The van der Waals surface area contributed by atoms with Crippen LogP contribution >= 0.6 is 0 Å². The summed E-state index contributed by atoms with van der Waals surface area (Å²) in [7, 11) is 0. The number of carbonyl (C=O) groups excluding carboxylic acids is 2. The minimum atomic E-state index is -0.234. The first-order chi connectivity index (χ1) is 11.5. The Bertz CT molecular complexity index is 767. The van der Waals surface area contributed by atoms with Crippen molar-refractivity contribution in [1.29, 1.82) is 0 Å². The molecule has 0 aliphatic heterocycles. The Morgan fingerprint density at radius 2 is 1.79 bits per heavy atom. The van der Waals surface area contributed by atoms with Crippen molar-refractivity contribution in [3.63, 3.8) is 0 Å². The van der Waals surface area contributed by atoms with Crippen LogP contribution in [0, 0.1) is 26.7 Å². The molecule has 1 aromatic heterocycles. The maximum atomic E-state index is 12.5. The summed E-state index contributed by atoms with van der Waals surface area (Å²) < 4.78 is 7.25.